The average Bonchev–Trinajstić information content (AvgIpc) is 2.95. The fraction of sp³-hybridized carbons (Fsp3) is 0.0741. The Morgan fingerprint density at radius 1 is 0.750 bits per heavy atom. The van der Waals surface area contributed by atoms with E-state index < -0.39 is 10.1 Å². The molecular formula is C27H23N3O8S2. The largest absolute Gasteiger partial charge is 0.507 e. The second-order valence-corrected chi connectivity index (χ2v) is 10.9. The van der Waals surface area contributed by atoms with Gasteiger partial charge in [0, 0.05) is 37.8 Å². The lowest BCUT2D eigenvalue weighted by Crippen LogP contribution is -2.07. The van der Waals surface area contributed by atoms with Crippen LogP contribution in [-0.2, 0) is 32.6 Å². The molecule has 0 radical (unpaired) electrons. The second kappa shape index (κ2) is 11.6. The number of nitrogens with zero attached hydrogens (tertiary/aromatic N) is 1. The molecule has 0 aliphatic carbocycles. The van der Waals surface area contributed by atoms with E-state index in [-0.39, 0.29) is 21.8 Å². The van der Waals surface area contributed by atoms with Gasteiger partial charge < -0.3 is 20.8 Å². The summed E-state index contributed by atoms with van der Waals surface area (Å²) in [5.41, 5.74) is 2.96. The number of phenols is 2. The first-order chi connectivity index (χ1) is 19.2. The predicted molar refractivity (Wildman–Crippen MR) is 151 cm³/mol. The van der Waals surface area contributed by atoms with E-state index in [1.807, 2.05) is 24.3 Å². The maximum atomic E-state index is 11.5. The lowest BCUT2D eigenvalue weighted by atomic mass is 10.1. The molecule has 0 fully saturated rings. The van der Waals surface area contributed by atoms with Gasteiger partial charge in [0.05, 0.1) is 41.4 Å². The third kappa shape index (κ3) is 6.04. The van der Waals surface area contributed by atoms with Crippen molar-refractivity contribution in [3.05, 3.63) is 90.3 Å². The van der Waals surface area contributed by atoms with Crippen LogP contribution in [0.3, 0.4) is 0 Å². The van der Waals surface area contributed by atoms with E-state index in [1.165, 1.54) is 24.3 Å². The van der Waals surface area contributed by atoms with Crippen molar-refractivity contribution < 1.29 is 37.8 Å². The van der Waals surface area contributed by atoms with Gasteiger partial charge in [0.2, 0.25) is 0 Å². The molecule has 0 saturated carbocycles. The minimum atomic E-state index is -4.41. The highest BCUT2D eigenvalue weighted by Gasteiger charge is 2.14. The zero-order valence-corrected chi connectivity index (χ0v) is 22.2. The molecule has 5 rings (SSSR count). The fourth-order valence-electron chi connectivity index (χ4n) is 4.30. The summed E-state index contributed by atoms with van der Waals surface area (Å²) in [6, 6.07) is 21.4. The van der Waals surface area contributed by atoms with Crippen molar-refractivity contribution >= 4 is 55.1 Å². The van der Waals surface area contributed by atoms with Gasteiger partial charge in [-0.25, -0.2) is 5.26 Å². The van der Waals surface area contributed by atoms with Crippen LogP contribution in [0.25, 0.3) is 21.5 Å². The molecule has 206 valence electrons. The van der Waals surface area contributed by atoms with Crippen molar-refractivity contribution in [3.8, 4) is 11.5 Å². The third-order valence-electron chi connectivity index (χ3n) is 6.17. The van der Waals surface area contributed by atoms with Crippen molar-refractivity contribution in [3.63, 3.8) is 0 Å². The van der Waals surface area contributed by atoms with Gasteiger partial charge in [-0.3, -0.25) is 9.54 Å². The highest BCUT2D eigenvalue weighted by atomic mass is 32.2. The van der Waals surface area contributed by atoms with Crippen molar-refractivity contribution in [2.45, 2.75) is 22.9 Å². The Bertz CT molecular complexity index is 1820. The van der Waals surface area contributed by atoms with Gasteiger partial charge in [0.25, 0.3) is 10.1 Å². The summed E-state index contributed by atoms with van der Waals surface area (Å²) in [6.45, 7) is 0.766. The van der Waals surface area contributed by atoms with Crippen LogP contribution in [0.15, 0.2) is 88.7 Å². The number of hydrogen-bond donors (Lipinski definition) is 6. The molecule has 0 aliphatic heterocycles. The Labute approximate surface area is 232 Å². The van der Waals surface area contributed by atoms with Gasteiger partial charge in [0.15, 0.2) is 0 Å². The van der Waals surface area contributed by atoms with Crippen LogP contribution in [0.2, 0.25) is 0 Å². The Morgan fingerprint density at radius 3 is 1.90 bits per heavy atom. The number of fused-ring (bicyclic) bond motifs is 2. The Balaban J connectivity index is 1.31. The molecule has 4 aromatic carbocycles. The molecule has 0 atom stereocenters. The summed E-state index contributed by atoms with van der Waals surface area (Å²) in [5.74, 6) is -0.0171. The highest BCUT2D eigenvalue weighted by Crippen LogP contribution is 2.35. The Hall–Kier alpha value is -4.11. The summed E-state index contributed by atoms with van der Waals surface area (Å²) < 4.78 is 36.8. The normalized spacial score (nSPS) is 11.7. The first-order valence-corrected chi connectivity index (χ1v) is 14.0. The standard InChI is InChI=1S/C27H23N3O8S2/c31-26-10-8-24(20-6-4-18(12-22(20)26)39-38-37-33)28-14-16-2-1-3-17(30-16)15-29-25-9-11-27(32)23-13-19(40(34,35)36)5-7-21(23)25/h1-13,28-29,31-33H,14-15H2,(H,34,35,36). The molecular weight excluding hydrogens is 558 g/mol. The van der Waals surface area contributed by atoms with E-state index >= 15 is 0 Å². The lowest BCUT2D eigenvalue weighted by Gasteiger charge is -2.13. The summed E-state index contributed by atoms with van der Waals surface area (Å²) in [4.78, 5) is 5.02. The Kier molecular flexibility index (Phi) is 7.93. The minimum absolute atomic E-state index is 0.0927. The van der Waals surface area contributed by atoms with Crippen LogP contribution in [0, 0.1) is 0 Å². The van der Waals surface area contributed by atoms with E-state index in [0.29, 0.717) is 34.4 Å². The number of phenolic OH excluding ortho intramolecular Hbond substituents is 2. The van der Waals surface area contributed by atoms with Gasteiger partial charge in [-0.2, -0.15) is 8.42 Å². The maximum Gasteiger partial charge on any atom is 0.294 e. The molecule has 0 unspecified atom stereocenters. The molecule has 5 aromatic rings. The number of pyridine rings is 1. The summed E-state index contributed by atoms with van der Waals surface area (Å²) >= 11 is 0.801. The highest BCUT2D eigenvalue weighted by molar-refractivity contribution is 7.94. The van der Waals surface area contributed by atoms with Crippen molar-refractivity contribution in [2.75, 3.05) is 10.6 Å². The first kappa shape index (κ1) is 27.5. The zero-order valence-electron chi connectivity index (χ0n) is 20.6. The third-order valence-corrected chi connectivity index (χ3v) is 7.60. The van der Waals surface area contributed by atoms with Gasteiger partial charge in [-0.05, 0) is 60.7 Å². The topological polar surface area (TPSA) is 170 Å². The number of rotatable bonds is 10. The molecule has 1 heterocycles. The van der Waals surface area contributed by atoms with Crippen LogP contribution >= 0.6 is 12.0 Å². The molecule has 0 spiro atoms. The maximum absolute atomic E-state index is 11.5. The van der Waals surface area contributed by atoms with E-state index in [4.69, 9.17) is 10.2 Å². The summed E-state index contributed by atoms with van der Waals surface area (Å²) in [5, 5.41) is 41.4. The number of aromatic nitrogens is 1. The molecule has 13 heteroatoms. The van der Waals surface area contributed by atoms with Crippen LogP contribution < -0.4 is 10.6 Å². The molecule has 40 heavy (non-hydrogen) atoms. The average molecular weight is 582 g/mol. The quantitative estimate of drug-likeness (QED) is 0.0391. The van der Waals surface area contributed by atoms with Crippen LogP contribution in [-0.4, -0.2) is 33.4 Å². The molecule has 0 amide bonds. The number of benzene rings is 4. The van der Waals surface area contributed by atoms with E-state index in [1.54, 1.807) is 30.3 Å². The van der Waals surface area contributed by atoms with Gasteiger partial charge in [-0.1, -0.05) is 23.2 Å². The fourth-order valence-corrected chi connectivity index (χ4v) is 5.20. The van der Waals surface area contributed by atoms with Gasteiger partial charge in [0.1, 0.15) is 11.5 Å². The van der Waals surface area contributed by atoms with Crippen LogP contribution in [0.4, 0.5) is 11.4 Å². The van der Waals surface area contributed by atoms with Crippen molar-refractivity contribution in [2.24, 2.45) is 0 Å². The van der Waals surface area contributed by atoms with Crippen LogP contribution in [0.5, 0.6) is 11.5 Å². The van der Waals surface area contributed by atoms with Crippen LogP contribution in [0.1, 0.15) is 11.4 Å². The molecule has 0 aliphatic rings. The molecule has 0 bridgehead atoms. The monoisotopic (exact) mass is 581 g/mol. The van der Waals surface area contributed by atoms with E-state index in [9.17, 15) is 23.2 Å². The number of aromatic hydroxyl groups is 2. The SMILES string of the molecule is O=S(=O)(O)c1ccc2c(NCc3cccc(CNc4ccc(O)c5cc(SOOO)ccc45)n3)ccc(O)c2c1. The predicted octanol–water partition coefficient (Wildman–Crippen LogP) is 5.70. The summed E-state index contributed by atoms with van der Waals surface area (Å²) in [7, 11) is -4.41. The first-order valence-electron chi connectivity index (χ1n) is 11.8. The van der Waals surface area contributed by atoms with E-state index in [2.05, 4.69) is 20.0 Å². The molecule has 0 saturated heterocycles. The lowest BCUT2D eigenvalue weighted by molar-refractivity contribution is -0.432. The summed E-state index contributed by atoms with van der Waals surface area (Å²) in [6.07, 6.45) is 0. The second-order valence-electron chi connectivity index (χ2n) is 8.71. The van der Waals surface area contributed by atoms with Gasteiger partial charge in [-0.15, -0.1) is 4.33 Å². The van der Waals surface area contributed by atoms with Crippen molar-refractivity contribution in [1.82, 2.24) is 4.98 Å². The molecule has 11 nitrogen and oxygen atoms in total. The zero-order chi connectivity index (χ0) is 28.3. The number of nitrogens with one attached hydrogen (secondary N) is 2. The van der Waals surface area contributed by atoms with E-state index in [0.717, 1.165) is 34.5 Å². The molecule has 1 aromatic heterocycles. The molecule has 6 N–H and O–H groups in total. The number of anilines is 2. The van der Waals surface area contributed by atoms with Gasteiger partial charge >= 0.3 is 0 Å². The minimum Gasteiger partial charge on any atom is -0.507 e. The smallest absolute Gasteiger partial charge is 0.294 e. The Morgan fingerprint density at radius 2 is 1.32 bits per heavy atom. The van der Waals surface area contributed by atoms with Crippen molar-refractivity contribution in [1.29, 1.82) is 0 Å². The number of hydrogen-bond acceptors (Lipinski definition) is 11.